The Kier molecular flexibility index (Phi) is 10.4. The van der Waals surface area contributed by atoms with E-state index in [1.54, 1.807) is 11.8 Å². The zero-order valence-corrected chi connectivity index (χ0v) is 28.9. The maximum atomic E-state index is 13.3. The minimum absolute atomic E-state index is 0.00796. The van der Waals surface area contributed by atoms with Crippen molar-refractivity contribution < 1.29 is 42.1 Å². The second kappa shape index (κ2) is 14.3. The average molecular weight is 698 g/mol. The minimum Gasteiger partial charge on any atom is -0.482 e. The van der Waals surface area contributed by atoms with E-state index in [4.69, 9.17) is 14.5 Å². The van der Waals surface area contributed by atoms with E-state index in [9.17, 15) is 32.7 Å². The Hall–Kier alpha value is -4.72. The lowest BCUT2D eigenvalue weighted by Crippen LogP contribution is -2.55. The molecule has 1 saturated heterocycles. The van der Waals surface area contributed by atoms with E-state index in [0.717, 1.165) is 24.5 Å². The minimum atomic E-state index is -4.59. The van der Waals surface area contributed by atoms with E-state index in [1.165, 1.54) is 19.1 Å². The van der Waals surface area contributed by atoms with E-state index >= 15 is 0 Å². The lowest BCUT2D eigenvalue weighted by atomic mass is 10.0. The number of ether oxygens (including phenoxy) is 2. The zero-order chi connectivity index (χ0) is 36.5. The van der Waals surface area contributed by atoms with E-state index in [2.05, 4.69) is 15.2 Å². The smallest absolute Gasteiger partial charge is 0.417 e. The predicted molar refractivity (Wildman–Crippen MR) is 178 cm³/mol. The van der Waals surface area contributed by atoms with Gasteiger partial charge >= 0.3 is 18.2 Å². The molecule has 3 aromatic rings. The number of anilines is 1. The van der Waals surface area contributed by atoms with Crippen LogP contribution in [0.5, 0.6) is 5.75 Å². The number of rotatable bonds is 9. The number of nitrogens with zero attached hydrogens (tertiary/aromatic N) is 4. The van der Waals surface area contributed by atoms with Gasteiger partial charge in [0.15, 0.2) is 6.10 Å². The second-order valence-corrected chi connectivity index (χ2v) is 14.0. The Balaban J connectivity index is 1.39. The number of piperazine rings is 1. The number of hydrogen-bond acceptors (Lipinski definition) is 8. The normalized spacial score (nSPS) is 17.6. The van der Waals surface area contributed by atoms with E-state index in [-0.39, 0.29) is 40.4 Å². The molecule has 0 spiro atoms. The van der Waals surface area contributed by atoms with Crippen molar-refractivity contribution in [2.24, 2.45) is 0 Å². The van der Waals surface area contributed by atoms with Gasteiger partial charge in [-0.25, -0.2) is 14.6 Å². The van der Waals surface area contributed by atoms with E-state index in [0.29, 0.717) is 49.6 Å². The number of aryl methyl sites for hydroxylation is 2. The van der Waals surface area contributed by atoms with Gasteiger partial charge in [-0.3, -0.25) is 14.7 Å². The van der Waals surface area contributed by atoms with Crippen molar-refractivity contribution in [3.63, 3.8) is 0 Å². The molecule has 1 aliphatic heterocycles. The lowest BCUT2D eigenvalue weighted by Gasteiger charge is -2.41. The van der Waals surface area contributed by atoms with Crippen LogP contribution in [0.2, 0.25) is 0 Å². The summed E-state index contributed by atoms with van der Waals surface area (Å²) < 4.78 is 51.4. The summed E-state index contributed by atoms with van der Waals surface area (Å²) in [5, 5.41) is 12.7. The van der Waals surface area contributed by atoms with Crippen molar-refractivity contribution in [3.05, 3.63) is 81.8 Å². The van der Waals surface area contributed by atoms with E-state index in [1.807, 2.05) is 46.0 Å². The van der Waals surface area contributed by atoms with Crippen LogP contribution >= 0.6 is 0 Å². The Morgan fingerprint density at radius 1 is 1.00 bits per heavy atom. The van der Waals surface area contributed by atoms with Crippen molar-refractivity contribution in [3.8, 4) is 5.75 Å². The van der Waals surface area contributed by atoms with Crippen molar-refractivity contribution in [1.29, 1.82) is 0 Å². The van der Waals surface area contributed by atoms with Gasteiger partial charge in [0.25, 0.3) is 5.91 Å². The number of carbonyl (C=O) groups excluding carboxylic acids is 2. The number of aromatic nitrogens is 2. The Bertz CT molecular complexity index is 1750. The number of halogens is 3. The van der Waals surface area contributed by atoms with Crippen molar-refractivity contribution in [2.45, 2.75) is 84.2 Å². The summed E-state index contributed by atoms with van der Waals surface area (Å²) in [7, 11) is 0. The molecule has 2 aromatic heterocycles. The third-order valence-corrected chi connectivity index (χ3v) is 8.66. The number of nitrogens with one attached hydrogen (secondary N) is 1. The Morgan fingerprint density at radius 3 is 2.28 bits per heavy atom. The molecule has 2 aliphatic rings. The highest BCUT2D eigenvalue weighted by Crippen LogP contribution is 2.40. The molecule has 0 radical (unpaired) electrons. The number of hydrogen-bond donors (Lipinski definition) is 2. The molecular weight excluding hydrogens is 655 g/mol. The quantitative estimate of drug-likeness (QED) is 0.242. The van der Waals surface area contributed by atoms with Gasteiger partial charge in [-0.05, 0) is 101 Å². The van der Waals surface area contributed by atoms with Gasteiger partial charge in [-0.15, -0.1) is 0 Å². The van der Waals surface area contributed by atoms with Gasteiger partial charge in [0.05, 0.1) is 11.3 Å². The number of aromatic carboxylic acids is 1. The standard InChI is InChI=1S/C36H42F3N5O6/c1-20-14-29(27(33(46)47)15-26(20)32(45)42-31-21(2)13-25(17-41-31)36(37,38)39)49-30(28-10-9-24(16-40-28)23-7-8-23)19-43-11-12-44(22(3)18-43)34(48)50-35(4,5)6/h9-10,13-17,22-23,30H,7-8,11-12,18-19H2,1-6H3,(H,46,47)(H,41,42,45)/t22-,30-/m1/s1. The SMILES string of the molecule is Cc1cc(O[C@H](CN2CCN(C(=O)OC(C)(C)C)[C@H](C)C2)c2ccc(C3CC3)cn2)c(C(=O)O)cc1C(=O)Nc1ncc(C(F)(F)F)cc1C. The number of pyridine rings is 2. The van der Waals surface area contributed by atoms with Gasteiger partial charge in [0.2, 0.25) is 0 Å². The summed E-state index contributed by atoms with van der Waals surface area (Å²) in [5.74, 6) is -1.65. The maximum Gasteiger partial charge on any atom is 0.417 e. The number of carboxylic acid groups (broad SMARTS) is 1. The van der Waals surface area contributed by atoms with Crippen LogP contribution in [0.4, 0.5) is 23.8 Å². The van der Waals surface area contributed by atoms with Crippen LogP contribution in [0.1, 0.15) is 101 Å². The van der Waals surface area contributed by atoms with Crippen LogP contribution in [-0.2, 0) is 10.9 Å². The van der Waals surface area contributed by atoms with Gasteiger partial charge < -0.3 is 24.8 Å². The number of carbonyl (C=O) groups is 3. The molecule has 3 heterocycles. The lowest BCUT2D eigenvalue weighted by molar-refractivity contribution is -0.137. The molecule has 2 N–H and O–H groups in total. The van der Waals surface area contributed by atoms with Crippen LogP contribution in [0, 0.1) is 13.8 Å². The molecule has 50 heavy (non-hydrogen) atoms. The van der Waals surface area contributed by atoms with Crippen LogP contribution in [0.3, 0.4) is 0 Å². The molecule has 1 aromatic carbocycles. The molecule has 11 nitrogen and oxygen atoms in total. The van der Waals surface area contributed by atoms with Crippen LogP contribution in [-0.4, -0.2) is 80.7 Å². The number of benzene rings is 1. The van der Waals surface area contributed by atoms with E-state index < -0.39 is 35.3 Å². The first kappa shape index (κ1) is 36.6. The highest BCUT2D eigenvalue weighted by Gasteiger charge is 2.34. The average Bonchev–Trinajstić information content (AvgIpc) is 3.86. The topological polar surface area (TPSA) is 134 Å². The zero-order valence-electron chi connectivity index (χ0n) is 28.9. The number of carboxylic acids is 1. The Labute approximate surface area is 288 Å². The Morgan fingerprint density at radius 2 is 1.72 bits per heavy atom. The molecule has 5 rings (SSSR count). The summed E-state index contributed by atoms with van der Waals surface area (Å²) >= 11 is 0. The third kappa shape index (κ3) is 8.89. The summed E-state index contributed by atoms with van der Waals surface area (Å²) in [6, 6.07) is 7.24. The summed E-state index contributed by atoms with van der Waals surface area (Å²) in [6.07, 6.45) is -1.03. The van der Waals surface area contributed by atoms with Crippen LogP contribution in [0.15, 0.2) is 42.7 Å². The molecule has 0 unspecified atom stereocenters. The fraction of sp³-hybridized carbons (Fsp3) is 0.472. The summed E-state index contributed by atoms with van der Waals surface area (Å²) in [5.41, 5.74) is 0.324. The fourth-order valence-corrected chi connectivity index (χ4v) is 5.86. The largest absolute Gasteiger partial charge is 0.482 e. The van der Waals surface area contributed by atoms with Gasteiger partial charge in [0, 0.05) is 50.2 Å². The first-order valence-corrected chi connectivity index (χ1v) is 16.5. The van der Waals surface area contributed by atoms with Crippen LogP contribution in [0.25, 0.3) is 0 Å². The number of alkyl halides is 3. The molecule has 14 heteroatoms. The highest BCUT2D eigenvalue weighted by atomic mass is 19.4. The van der Waals surface area contributed by atoms with Crippen molar-refractivity contribution >= 4 is 23.8 Å². The summed E-state index contributed by atoms with van der Waals surface area (Å²) in [4.78, 5) is 50.9. The van der Waals surface area contributed by atoms with Gasteiger partial charge in [-0.2, -0.15) is 13.2 Å². The first-order chi connectivity index (χ1) is 23.4. The second-order valence-electron chi connectivity index (χ2n) is 14.0. The van der Waals surface area contributed by atoms with Crippen LogP contribution < -0.4 is 10.1 Å². The maximum absolute atomic E-state index is 13.3. The monoisotopic (exact) mass is 697 g/mol. The molecule has 0 bridgehead atoms. The molecule has 1 saturated carbocycles. The predicted octanol–water partition coefficient (Wildman–Crippen LogP) is 7.00. The van der Waals surface area contributed by atoms with Crippen molar-refractivity contribution in [2.75, 3.05) is 31.5 Å². The fourth-order valence-electron chi connectivity index (χ4n) is 5.86. The number of amides is 2. The molecular formula is C36H42F3N5O6. The van der Waals surface area contributed by atoms with Gasteiger partial charge in [0.1, 0.15) is 22.7 Å². The summed E-state index contributed by atoms with van der Waals surface area (Å²) in [6.45, 7) is 12.2. The molecule has 2 fully saturated rings. The third-order valence-electron chi connectivity index (χ3n) is 8.66. The molecule has 2 atom stereocenters. The highest BCUT2D eigenvalue weighted by molar-refractivity contribution is 6.07. The van der Waals surface area contributed by atoms with Crippen molar-refractivity contribution in [1.82, 2.24) is 19.8 Å². The molecule has 268 valence electrons. The molecule has 1 aliphatic carbocycles. The molecule has 2 amide bonds. The first-order valence-electron chi connectivity index (χ1n) is 16.5. The van der Waals surface area contributed by atoms with Gasteiger partial charge in [-0.1, -0.05) is 6.07 Å².